The van der Waals surface area contributed by atoms with Gasteiger partial charge in [0.2, 0.25) is 5.91 Å². The molecule has 23 heavy (non-hydrogen) atoms. The molecule has 0 radical (unpaired) electrons. The van der Waals surface area contributed by atoms with Crippen LogP contribution in [0.2, 0.25) is 0 Å². The summed E-state index contributed by atoms with van der Waals surface area (Å²) in [6.45, 7) is 3.40. The molecule has 1 aromatic carbocycles. The van der Waals surface area contributed by atoms with Crippen LogP contribution in [0.25, 0.3) is 6.08 Å². The van der Waals surface area contributed by atoms with Crippen LogP contribution in [0.4, 0.5) is 0 Å². The van der Waals surface area contributed by atoms with Gasteiger partial charge < -0.3 is 15.4 Å². The molecule has 2 amide bonds. The molecule has 0 saturated carbocycles. The largest absolute Gasteiger partial charge is 0.467 e. The lowest BCUT2D eigenvalue weighted by molar-refractivity contribution is -0.149. The lowest BCUT2D eigenvalue weighted by Crippen LogP contribution is -2.51. The smallest absolute Gasteiger partial charge is 0.331 e. The lowest BCUT2D eigenvalue weighted by atomic mass is 9.99. The molecule has 0 aliphatic heterocycles. The van der Waals surface area contributed by atoms with Crippen molar-refractivity contribution in [2.75, 3.05) is 14.2 Å². The van der Waals surface area contributed by atoms with Crippen molar-refractivity contribution in [3.8, 4) is 0 Å². The molecule has 0 saturated heterocycles. The molecule has 1 aromatic rings. The Kier molecular flexibility index (Phi) is 6.50. The van der Waals surface area contributed by atoms with Crippen molar-refractivity contribution in [1.29, 1.82) is 0 Å². The molecule has 0 aliphatic rings. The molecule has 1 unspecified atom stereocenters. The van der Waals surface area contributed by atoms with Crippen LogP contribution in [-0.4, -0.2) is 37.5 Å². The van der Waals surface area contributed by atoms with Gasteiger partial charge in [-0.1, -0.05) is 19.1 Å². The minimum absolute atomic E-state index is 0.171. The molecule has 6 heteroatoms. The van der Waals surface area contributed by atoms with Crippen LogP contribution in [0, 0.1) is 0 Å². The van der Waals surface area contributed by atoms with Gasteiger partial charge in [0.25, 0.3) is 5.91 Å². The normalized spacial score (nSPS) is 13.2. The summed E-state index contributed by atoms with van der Waals surface area (Å²) in [6, 6.07) is 6.80. The van der Waals surface area contributed by atoms with Crippen LogP contribution in [0.3, 0.4) is 0 Å². The Morgan fingerprint density at radius 3 is 2.30 bits per heavy atom. The first-order valence-electron chi connectivity index (χ1n) is 7.27. The maximum atomic E-state index is 12.0. The Morgan fingerprint density at radius 1 is 1.22 bits per heavy atom. The molecule has 6 nitrogen and oxygen atoms in total. The maximum absolute atomic E-state index is 12.0. The molecule has 0 fully saturated rings. The molecule has 0 heterocycles. The zero-order valence-electron chi connectivity index (χ0n) is 13.8. The minimum Gasteiger partial charge on any atom is -0.467 e. The number of hydrogen-bond acceptors (Lipinski definition) is 4. The number of methoxy groups -OCH3 is 1. The predicted octanol–water partition coefficient (Wildman–Crippen LogP) is 1.52. The molecule has 0 aromatic heterocycles. The second kappa shape index (κ2) is 8.12. The molecular formula is C17H22N2O4. The standard InChI is InChI=1S/C17H22N2O4/c1-5-17(2,16(22)23-4)19-14(20)11-8-12-6-9-13(10-7-12)15(21)18-3/h6-11H,5H2,1-4H3,(H,18,21)(H,19,20)/b11-8+. The second-order valence-electron chi connectivity index (χ2n) is 5.20. The predicted molar refractivity (Wildman–Crippen MR) is 87.7 cm³/mol. The number of hydrogen-bond donors (Lipinski definition) is 2. The number of carbonyl (C=O) groups is 3. The first-order chi connectivity index (χ1) is 10.9. The van der Waals surface area contributed by atoms with E-state index in [4.69, 9.17) is 4.74 Å². The average molecular weight is 318 g/mol. The van der Waals surface area contributed by atoms with Gasteiger partial charge in [-0.15, -0.1) is 0 Å². The molecule has 124 valence electrons. The number of carbonyl (C=O) groups excluding carboxylic acids is 3. The second-order valence-corrected chi connectivity index (χ2v) is 5.20. The van der Waals surface area contributed by atoms with Crippen molar-refractivity contribution in [3.63, 3.8) is 0 Å². The SMILES string of the molecule is CCC(C)(NC(=O)/C=C/c1ccc(C(=O)NC)cc1)C(=O)OC. The Morgan fingerprint density at radius 2 is 1.83 bits per heavy atom. The highest BCUT2D eigenvalue weighted by Gasteiger charge is 2.33. The van der Waals surface area contributed by atoms with Crippen molar-refractivity contribution in [3.05, 3.63) is 41.5 Å². The van der Waals surface area contributed by atoms with Gasteiger partial charge in [0.1, 0.15) is 5.54 Å². The van der Waals surface area contributed by atoms with E-state index in [0.717, 1.165) is 5.56 Å². The zero-order valence-corrected chi connectivity index (χ0v) is 13.8. The van der Waals surface area contributed by atoms with Crippen LogP contribution in [0.15, 0.2) is 30.3 Å². The fourth-order valence-corrected chi connectivity index (χ4v) is 1.88. The van der Waals surface area contributed by atoms with Crippen LogP contribution < -0.4 is 10.6 Å². The van der Waals surface area contributed by atoms with Gasteiger partial charge in [-0.2, -0.15) is 0 Å². The number of ether oxygens (including phenoxy) is 1. The monoisotopic (exact) mass is 318 g/mol. The average Bonchev–Trinajstić information content (AvgIpc) is 2.58. The minimum atomic E-state index is -1.06. The van der Waals surface area contributed by atoms with Crippen molar-refractivity contribution in [2.24, 2.45) is 0 Å². The van der Waals surface area contributed by atoms with Gasteiger partial charge in [0, 0.05) is 18.7 Å². The van der Waals surface area contributed by atoms with E-state index >= 15 is 0 Å². The Hall–Kier alpha value is -2.63. The van der Waals surface area contributed by atoms with E-state index in [9.17, 15) is 14.4 Å². The summed E-state index contributed by atoms with van der Waals surface area (Å²) in [6.07, 6.45) is 3.36. The van der Waals surface area contributed by atoms with E-state index in [0.29, 0.717) is 12.0 Å². The summed E-state index contributed by atoms with van der Waals surface area (Å²) in [7, 11) is 2.85. The van der Waals surface area contributed by atoms with Gasteiger partial charge in [-0.25, -0.2) is 4.79 Å². The topological polar surface area (TPSA) is 84.5 Å². The van der Waals surface area contributed by atoms with Gasteiger partial charge in [0.05, 0.1) is 7.11 Å². The lowest BCUT2D eigenvalue weighted by Gasteiger charge is -2.25. The van der Waals surface area contributed by atoms with E-state index < -0.39 is 17.4 Å². The maximum Gasteiger partial charge on any atom is 0.331 e. The van der Waals surface area contributed by atoms with E-state index in [-0.39, 0.29) is 5.91 Å². The first kappa shape index (κ1) is 18.4. The number of amides is 2. The van der Waals surface area contributed by atoms with Crippen LogP contribution in [0.5, 0.6) is 0 Å². The van der Waals surface area contributed by atoms with Crippen molar-refractivity contribution < 1.29 is 19.1 Å². The quantitative estimate of drug-likeness (QED) is 0.615. The van der Waals surface area contributed by atoms with Gasteiger partial charge >= 0.3 is 5.97 Å². The Labute approximate surface area is 135 Å². The van der Waals surface area contributed by atoms with Crippen molar-refractivity contribution in [1.82, 2.24) is 10.6 Å². The van der Waals surface area contributed by atoms with Gasteiger partial charge in [-0.3, -0.25) is 9.59 Å². The van der Waals surface area contributed by atoms with E-state index in [1.165, 1.54) is 13.2 Å². The molecule has 2 N–H and O–H groups in total. The number of esters is 1. The highest BCUT2D eigenvalue weighted by molar-refractivity contribution is 5.96. The van der Waals surface area contributed by atoms with E-state index in [1.807, 2.05) is 0 Å². The number of nitrogens with one attached hydrogen (secondary N) is 2. The fraction of sp³-hybridized carbons (Fsp3) is 0.353. The van der Waals surface area contributed by atoms with Gasteiger partial charge in [-0.05, 0) is 37.1 Å². The van der Waals surface area contributed by atoms with Crippen molar-refractivity contribution in [2.45, 2.75) is 25.8 Å². The highest BCUT2D eigenvalue weighted by atomic mass is 16.5. The highest BCUT2D eigenvalue weighted by Crippen LogP contribution is 2.12. The number of rotatable bonds is 6. The summed E-state index contributed by atoms with van der Waals surface area (Å²) >= 11 is 0. The first-order valence-corrected chi connectivity index (χ1v) is 7.27. The molecule has 1 atom stereocenters. The third-order valence-corrected chi connectivity index (χ3v) is 3.57. The van der Waals surface area contributed by atoms with Crippen LogP contribution in [0.1, 0.15) is 36.2 Å². The molecule has 0 bridgehead atoms. The molecule has 1 rings (SSSR count). The zero-order chi connectivity index (χ0) is 17.5. The van der Waals surface area contributed by atoms with Crippen LogP contribution >= 0.6 is 0 Å². The Bertz CT molecular complexity index is 608. The molecule has 0 spiro atoms. The van der Waals surface area contributed by atoms with Crippen LogP contribution in [-0.2, 0) is 14.3 Å². The summed E-state index contributed by atoms with van der Waals surface area (Å²) in [5.74, 6) is -1.05. The third-order valence-electron chi connectivity index (χ3n) is 3.57. The summed E-state index contributed by atoms with van der Waals surface area (Å²) in [4.78, 5) is 35.1. The number of benzene rings is 1. The summed E-state index contributed by atoms with van der Waals surface area (Å²) in [5.41, 5.74) is 0.251. The fourth-order valence-electron chi connectivity index (χ4n) is 1.88. The Balaban J connectivity index is 2.75. The molecular weight excluding hydrogens is 296 g/mol. The van der Waals surface area contributed by atoms with E-state index in [2.05, 4.69) is 10.6 Å². The summed E-state index contributed by atoms with van der Waals surface area (Å²) < 4.78 is 4.70. The van der Waals surface area contributed by atoms with Gasteiger partial charge in [0.15, 0.2) is 0 Å². The molecule has 0 aliphatic carbocycles. The van der Waals surface area contributed by atoms with E-state index in [1.54, 1.807) is 51.2 Å². The van der Waals surface area contributed by atoms with Crippen molar-refractivity contribution >= 4 is 23.9 Å². The summed E-state index contributed by atoms with van der Waals surface area (Å²) in [5, 5.41) is 5.17. The third kappa shape index (κ3) is 4.95.